The van der Waals surface area contributed by atoms with Gasteiger partial charge in [0.2, 0.25) is 0 Å². The summed E-state index contributed by atoms with van der Waals surface area (Å²) in [6, 6.07) is 21.3. The van der Waals surface area contributed by atoms with Crippen LogP contribution in [0.2, 0.25) is 0 Å². The molecule has 1 heterocycles. The molecule has 1 aromatic heterocycles. The van der Waals surface area contributed by atoms with Crippen LogP contribution in [-0.4, -0.2) is 34.7 Å². The molecule has 0 bridgehead atoms. The van der Waals surface area contributed by atoms with Gasteiger partial charge in [0.25, 0.3) is 5.91 Å². The van der Waals surface area contributed by atoms with Crippen LogP contribution in [-0.2, 0) is 19.4 Å². The van der Waals surface area contributed by atoms with E-state index < -0.39 is 29.7 Å². The van der Waals surface area contributed by atoms with Gasteiger partial charge in [-0.05, 0) is 59.4 Å². The topological polar surface area (TPSA) is 74.2 Å². The van der Waals surface area contributed by atoms with Crippen LogP contribution in [0.25, 0.3) is 11.1 Å². The monoisotopic (exact) mass is 515 g/mol. The molecule has 7 heteroatoms. The minimum atomic E-state index is -1.02. The highest BCUT2D eigenvalue weighted by Crippen LogP contribution is 2.23. The molecule has 196 valence electrons. The van der Waals surface area contributed by atoms with Gasteiger partial charge >= 0.3 is 0 Å². The van der Waals surface area contributed by atoms with Crippen LogP contribution in [0, 0.1) is 11.6 Å². The van der Waals surface area contributed by atoms with E-state index in [4.69, 9.17) is 0 Å². The van der Waals surface area contributed by atoms with E-state index in [9.17, 15) is 18.7 Å². The van der Waals surface area contributed by atoms with Gasteiger partial charge in [-0.3, -0.25) is 9.78 Å². The van der Waals surface area contributed by atoms with Crippen molar-refractivity contribution < 1.29 is 18.7 Å². The van der Waals surface area contributed by atoms with E-state index >= 15 is 0 Å². The molecule has 3 N–H and O–H groups in total. The SMILES string of the molecule is CCc1cccc(CNC[C@H](O)C(Cc2cc(F)cc(F)c2)NC(=O)c2ccccc2-c2cccnc2)c1. The molecular formula is C31H31F2N3O2. The maximum absolute atomic E-state index is 13.9. The summed E-state index contributed by atoms with van der Waals surface area (Å²) in [7, 11) is 0. The lowest BCUT2D eigenvalue weighted by Crippen LogP contribution is -2.48. The van der Waals surface area contributed by atoms with Crippen LogP contribution in [0.15, 0.2) is 91.3 Å². The molecule has 0 aliphatic carbocycles. The molecule has 0 saturated carbocycles. The number of rotatable bonds is 11. The predicted molar refractivity (Wildman–Crippen MR) is 145 cm³/mol. The molecule has 0 radical (unpaired) electrons. The van der Waals surface area contributed by atoms with E-state index in [1.54, 1.807) is 30.6 Å². The van der Waals surface area contributed by atoms with Gasteiger partial charge in [-0.25, -0.2) is 8.78 Å². The fourth-order valence-corrected chi connectivity index (χ4v) is 4.43. The van der Waals surface area contributed by atoms with Gasteiger partial charge in [-0.2, -0.15) is 0 Å². The van der Waals surface area contributed by atoms with Crippen LogP contribution in [0.3, 0.4) is 0 Å². The molecule has 5 nitrogen and oxygen atoms in total. The van der Waals surface area contributed by atoms with Gasteiger partial charge in [0.1, 0.15) is 11.6 Å². The number of nitrogens with one attached hydrogen (secondary N) is 2. The van der Waals surface area contributed by atoms with Crippen molar-refractivity contribution in [3.05, 3.63) is 125 Å². The Kier molecular flexibility index (Phi) is 9.30. The van der Waals surface area contributed by atoms with Gasteiger partial charge in [0, 0.05) is 42.7 Å². The number of halogens is 2. The Morgan fingerprint density at radius 1 is 0.921 bits per heavy atom. The quantitative estimate of drug-likeness (QED) is 0.260. The van der Waals surface area contributed by atoms with Crippen molar-refractivity contribution >= 4 is 5.91 Å². The van der Waals surface area contributed by atoms with Crippen molar-refractivity contribution in [2.24, 2.45) is 0 Å². The molecule has 1 amide bonds. The van der Waals surface area contributed by atoms with Crippen LogP contribution in [0.4, 0.5) is 8.78 Å². The zero-order valence-corrected chi connectivity index (χ0v) is 21.2. The molecule has 0 saturated heterocycles. The Hall–Kier alpha value is -3.94. The zero-order chi connectivity index (χ0) is 26.9. The molecule has 3 aromatic carbocycles. The summed E-state index contributed by atoms with van der Waals surface area (Å²) >= 11 is 0. The van der Waals surface area contributed by atoms with Crippen molar-refractivity contribution in [2.75, 3.05) is 6.54 Å². The van der Waals surface area contributed by atoms with Crippen molar-refractivity contribution in [3.63, 3.8) is 0 Å². The summed E-state index contributed by atoms with van der Waals surface area (Å²) in [6.45, 7) is 2.79. The Balaban J connectivity index is 1.52. The second kappa shape index (κ2) is 13.0. The number of carbonyl (C=O) groups excluding carboxylic acids is 1. The maximum atomic E-state index is 13.9. The van der Waals surface area contributed by atoms with Crippen LogP contribution < -0.4 is 10.6 Å². The van der Waals surface area contributed by atoms with E-state index in [-0.39, 0.29) is 13.0 Å². The molecule has 0 spiro atoms. The largest absolute Gasteiger partial charge is 0.390 e. The second-order valence-electron chi connectivity index (χ2n) is 9.22. The summed E-state index contributed by atoms with van der Waals surface area (Å²) in [5.41, 5.74) is 4.51. The molecule has 4 rings (SSSR count). The Labute approximate surface area is 221 Å². The highest BCUT2D eigenvalue weighted by molar-refractivity contribution is 6.01. The molecule has 0 aliphatic rings. The first-order valence-corrected chi connectivity index (χ1v) is 12.6. The van der Waals surface area contributed by atoms with Crippen molar-refractivity contribution in [2.45, 2.75) is 38.5 Å². The average Bonchev–Trinajstić information content (AvgIpc) is 2.92. The summed E-state index contributed by atoms with van der Waals surface area (Å²) in [5, 5.41) is 17.2. The predicted octanol–water partition coefficient (Wildman–Crippen LogP) is 5.08. The van der Waals surface area contributed by atoms with Crippen molar-refractivity contribution in [3.8, 4) is 11.1 Å². The van der Waals surface area contributed by atoms with Gasteiger partial charge in [-0.15, -0.1) is 0 Å². The summed E-state index contributed by atoms with van der Waals surface area (Å²) in [6.07, 6.45) is 3.28. The van der Waals surface area contributed by atoms with Crippen molar-refractivity contribution in [1.29, 1.82) is 0 Å². The molecule has 0 fully saturated rings. The number of carbonyl (C=O) groups is 1. The average molecular weight is 516 g/mol. The summed E-state index contributed by atoms with van der Waals surface area (Å²) in [4.78, 5) is 17.6. The number of hydrogen-bond acceptors (Lipinski definition) is 4. The van der Waals surface area contributed by atoms with Gasteiger partial charge in [0.05, 0.1) is 12.1 Å². The highest BCUT2D eigenvalue weighted by atomic mass is 19.1. The normalized spacial score (nSPS) is 12.6. The third-order valence-corrected chi connectivity index (χ3v) is 6.39. The smallest absolute Gasteiger partial charge is 0.252 e. The molecule has 0 aliphatic heterocycles. The van der Waals surface area contributed by atoms with E-state index in [1.165, 1.54) is 17.7 Å². The number of aryl methyl sites for hydroxylation is 1. The minimum absolute atomic E-state index is 0.0453. The second-order valence-corrected chi connectivity index (χ2v) is 9.22. The number of hydrogen-bond donors (Lipinski definition) is 3. The highest BCUT2D eigenvalue weighted by Gasteiger charge is 2.24. The first kappa shape index (κ1) is 27.1. The van der Waals surface area contributed by atoms with Crippen LogP contribution >= 0.6 is 0 Å². The number of aliphatic hydroxyl groups excluding tert-OH is 1. The summed E-state index contributed by atoms with van der Waals surface area (Å²) < 4.78 is 27.8. The number of aliphatic hydroxyl groups is 1. The number of nitrogens with zero attached hydrogens (tertiary/aromatic N) is 1. The molecule has 38 heavy (non-hydrogen) atoms. The third kappa shape index (κ3) is 7.31. The Bertz CT molecular complexity index is 1340. The van der Waals surface area contributed by atoms with Gasteiger partial charge in [-0.1, -0.05) is 55.5 Å². The lowest BCUT2D eigenvalue weighted by Gasteiger charge is -2.25. The molecule has 1 unspecified atom stereocenters. The third-order valence-electron chi connectivity index (χ3n) is 6.39. The van der Waals surface area contributed by atoms with Gasteiger partial charge in [0.15, 0.2) is 0 Å². The standard InChI is InChI=1S/C31H31F2N3O2/c1-2-21-7-5-8-22(13-21)18-35-20-30(37)29(16-23-14-25(32)17-26(33)15-23)36-31(38)28-11-4-3-10-27(28)24-9-6-12-34-19-24/h3-15,17,19,29-30,35,37H,2,16,18,20H2,1H3,(H,36,38)/t29?,30-/m0/s1. The Morgan fingerprint density at radius 2 is 1.68 bits per heavy atom. The molecule has 2 atom stereocenters. The fraction of sp³-hybridized carbons (Fsp3) is 0.226. The molecular weight excluding hydrogens is 484 g/mol. The van der Waals surface area contributed by atoms with E-state index in [0.29, 0.717) is 23.2 Å². The van der Waals surface area contributed by atoms with Gasteiger partial charge < -0.3 is 15.7 Å². The minimum Gasteiger partial charge on any atom is -0.390 e. The Morgan fingerprint density at radius 3 is 2.42 bits per heavy atom. The molecule has 4 aromatic rings. The van der Waals surface area contributed by atoms with Crippen LogP contribution in [0.5, 0.6) is 0 Å². The van der Waals surface area contributed by atoms with E-state index in [0.717, 1.165) is 23.6 Å². The van der Waals surface area contributed by atoms with Crippen LogP contribution in [0.1, 0.15) is 34.0 Å². The van der Waals surface area contributed by atoms with E-state index in [2.05, 4.69) is 34.7 Å². The first-order valence-electron chi connectivity index (χ1n) is 12.6. The summed E-state index contributed by atoms with van der Waals surface area (Å²) in [5.74, 6) is -1.83. The lowest BCUT2D eigenvalue weighted by molar-refractivity contribution is 0.0830. The maximum Gasteiger partial charge on any atom is 0.252 e. The number of benzene rings is 3. The zero-order valence-electron chi connectivity index (χ0n) is 21.2. The van der Waals surface area contributed by atoms with E-state index in [1.807, 2.05) is 30.3 Å². The number of aromatic nitrogens is 1. The van der Waals surface area contributed by atoms with Crippen molar-refractivity contribution in [1.82, 2.24) is 15.6 Å². The lowest BCUT2D eigenvalue weighted by atomic mass is 9.97. The fourth-order valence-electron chi connectivity index (χ4n) is 4.43. The number of pyridine rings is 1. The number of amides is 1. The first-order chi connectivity index (χ1) is 18.4.